The van der Waals surface area contributed by atoms with Crippen molar-refractivity contribution < 1.29 is 24.3 Å². The van der Waals surface area contributed by atoms with Crippen molar-refractivity contribution in [3.05, 3.63) is 32.3 Å². The Morgan fingerprint density at radius 2 is 2.00 bits per heavy atom. The molecule has 3 aliphatic carbocycles. The number of allylic oxidation sites excluding steroid dienone is 1. The van der Waals surface area contributed by atoms with E-state index < -0.39 is 11.6 Å². The molecule has 2 N–H and O–H groups in total. The second kappa shape index (κ2) is 7.13. The van der Waals surface area contributed by atoms with Gasteiger partial charge in [0.05, 0.1) is 11.2 Å². The Bertz CT molecular complexity index is 1070. The molecule has 3 aliphatic rings. The molecule has 2 aromatic rings. The second-order valence-electron chi connectivity index (χ2n) is 8.92. The van der Waals surface area contributed by atoms with Crippen LogP contribution in [-0.4, -0.2) is 37.7 Å². The first-order valence-electron chi connectivity index (χ1n) is 10.5. The lowest BCUT2D eigenvalue weighted by Gasteiger charge is -2.28. The number of ketones is 1. The van der Waals surface area contributed by atoms with E-state index in [4.69, 9.17) is 4.52 Å². The molecule has 0 amide bonds. The van der Waals surface area contributed by atoms with Crippen LogP contribution in [-0.2, 0) is 28.9 Å². The van der Waals surface area contributed by atoms with Crippen molar-refractivity contribution >= 4 is 23.1 Å². The Balaban J connectivity index is 1.54. The minimum atomic E-state index is -0.997. The Hall–Kier alpha value is -2.32. The molecule has 0 radical (unpaired) electrons. The van der Waals surface area contributed by atoms with Gasteiger partial charge in [0.25, 0.3) is 5.89 Å². The first kappa shape index (κ1) is 19.6. The molecule has 1 atom stereocenters. The number of nitrogens with zero attached hydrogens (tertiary/aromatic N) is 2. The summed E-state index contributed by atoms with van der Waals surface area (Å²) in [5.74, 6) is 0.390. The third-order valence-electron chi connectivity index (χ3n) is 6.35. The van der Waals surface area contributed by atoms with Crippen LogP contribution in [0.2, 0.25) is 0 Å². The van der Waals surface area contributed by atoms with Crippen molar-refractivity contribution in [2.24, 2.45) is 0 Å². The van der Waals surface area contributed by atoms with Gasteiger partial charge in [-0.25, -0.2) is 4.79 Å². The number of thiophene rings is 1. The fraction of sp³-hybridized carbons (Fsp3) is 0.545. The van der Waals surface area contributed by atoms with Crippen LogP contribution in [0.25, 0.3) is 11.5 Å². The van der Waals surface area contributed by atoms with Gasteiger partial charge in [-0.15, -0.1) is 11.3 Å². The zero-order chi connectivity index (χ0) is 21.0. The summed E-state index contributed by atoms with van der Waals surface area (Å²) in [5.41, 5.74) is 1.83. The summed E-state index contributed by atoms with van der Waals surface area (Å²) in [4.78, 5) is 31.0. The molecule has 0 spiro atoms. The predicted molar refractivity (Wildman–Crippen MR) is 109 cm³/mol. The molecule has 1 unspecified atom stereocenters. The number of aromatic nitrogens is 2. The fourth-order valence-electron chi connectivity index (χ4n) is 4.56. The quantitative estimate of drug-likeness (QED) is 0.723. The maximum absolute atomic E-state index is 13.0. The molecule has 0 aliphatic heterocycles. The van der Waals surface area contributed by atoms with Gasteiger partial charge in [0.15, 0.2) is 11.6 Å². The Kier molecular flexibility index (Phi) is 4.67. The van der Waals surface area contributed by atoms with E-state index in [0.29, 0.717) is 55.9 Å². The Labute approximate surface area is 177 Å². The van der Waals surface area contributed by atoms with Crippen LogP contribution in [0.3, 0.4) is 0 Å². The number of aliphatic hydroxyl groups is 1. The normalized spacial score (nSPS) is 23.7. The van der Waals surface area contributed by atoms with Gasteiger partial charge < -0.3 is 14.7 Å². The van der Waals surface area contributed by atoms with Crippen LogP contribution in [0.4, 0.5) is 0 Å². The van der Waals surface area contributed by atoms with Gasteiger partial charge in [-0.1, -0.05) is 5.16 Å². The van der Waals surface area contributed by atoms with Gasteiger partial charge in [-0.05, 0) is 57.4 Å². The third-order valence-corrected chi connectivity index (χ3v) is 7.58. The van der Waals surface area contributed by atoms with Gasteiger partial charge in [-0.3, -0.25) is 4.79 Å². The largest absolute Gasteiger partial charge is 0.478 e. The van der Waals surface area contributed by atoms with Gasteiger partial charge in [-0.2, -0.15) is 4.98 Å². The predicted octanol–water partition coefficient (Wildman–Crippen LogP) is 3.59. The number of rotatable bonds is 6. The summed E-state index contributed by atoms with van der Waals surface area (Å²) >= 11 is 1.51. The van der Waals surface area contributed by atoms with Crippen molar-refractivity contribution in [2.45, 2.75) is 76.2 Å². The molecule has 1 fully saturated rings. The van der Waals surface area contributed by atoms with E-state index in [9.17, 15) is 19.8 Å². The van der Waals surface area contributed by atoms with Crippen LogP contribution in [0.15, 0.2) is 15.7 Å². The van der Waals surface area contributed by atoms with Crippen molar-refractivity contribution in [1.82, 2.24) is 10.1 Å². The first-order chi connectivity index (χ1) is 14.3. The molecule has 7 nitrogen and oxygen atoms in total. The lowest BCUT2D eigenvalue weighted by Crippen LogP contribution is -2.31. The number of Topliss-reactive ketones (excluding diaryl/α,β-unsaturated/α-hetero) is 1. The van der Waals surface area contributed by atoms with Crippen molar-refractivity contribution in [2.75, 3.05) is 0 Å². The minimum absolute atomic E-state index is 0.127. The minimum Gasteiger partial charge on any atom is -0.478 e. The van der Waals surface area contributed by atoms with E-state index in [-0.39, 0.29) is 17.8 Å². The highest BCUT2D eigenvalue weighted by molar-refractivity contribution is 7.12. The summed E-state index contributed by atoms with van der Waals surface area (Å²) in [6.45, 7) is 1.83. The summed E-state index contributed by atoms with van der Waals surface area (Å²) < 4.78 is 5.60. The topological polar surface area (TPSA) is 114 Å². The number of hydrogen-bond donors (Lipinski definition) is 2. The second-order valence-corrected chi connectivity index (χ2v) is 10.1. The molecule has 0 saturated heterocycles. The number of carboxylic acid groups (broad SMARTS) is 1. The molecule has 1 saturated carbocycles. The summed E-state index contributed by atoms with van der Waals surface area (Å²) in [7, 11) is 0. The summed E-state index contributed by atoms with van der Waals surface area (Å²) in [6, 6.07) is 0. The Morgan fingerprint density at radius 3 is 2.73 bits per heavy atom. The summed E-state index contributed by atoms with van der Waals surface area (Å²) in [6.07, 6.45) is 5.78. The molecule has 2 heterocycles. The van der Waals surface area contributed by atoms with E-state index in [1.165, 1.54) is 11.3 Å². The van der Waals surface area contributed by atoms with Gasteiger partial charge in [0, 0.05) is 39.7 Å². The zero-order valence-electron chi connectivity index (χ0n) is 16.9. The van der Waals surface area contributed by atoms with E-state index in [2.05, 4.69) is 10.1 Å². The summed E-state index contributed by atoms with van der Waals surface area (Å²) in [5, 5.41) is 24.1. The SMILES string of the molecule is CC1(O)CCc2c(sc(CC(=O)C3=C(C(=O)O)CCC3)c2-c2nc(C3CC3)no2)C1. The first-order valence-corrected chi connectivity index (χ1v) is 11.3. The highest BCUT2D eigenvalue weighted by atomic mass is 32.1. The van der Waals surface area contributed by atoms with Gasteiger partial charge in [0.2, 0.25) is 0 Å². The van der Waals surface area contributed by atoms with E-state index >= 15 is 0 Å². The van der Waals surface area contributed by atoms with Crippen LogP contribution in [0.5, 0.6) is 0 Å². The molecule has 0 aromatic carbocycles. The average molecular weight is 429 g/mol. The molecule has 2 aromatic heterocycles. The molecular weight excluding hydrogens is 404 g/mol. The molecule has 5 rings (SSSR count). The van der Waals surface area contributed by atoms with Crippen LogP contribution >= 0.6 is 11.3 Å². The monoisotopic (exact) mass is 428 g/mol. The zero-order valence-corrected chi connectivity index (χ0v) is 17.7. The van der Waals surface area contributed by atoms with Crippen LogP contribution < -0.4 is 0 Å². The Morgan fingerprint density at radius 1 is 1.23 bits per heavy atom. The van der Waals surface area contributed by atoms with Crippen molar-refractivity contribution in [3.8, 4) is 11.5 Å². The molecule has 158 valence electrons. The van der Waals surface area contributed by atoms with Crippen molar-refractivity contribution in [3.63, 3.8) is 0 Å². The number of hydrogen-bond acceptors (Lipinski definition) is 7. The number of aliphatic carboxylic acids is 1. The molecular formula is C22H24N2O5S. The third kappa shape index (κ3) is 3.52. The van der Waals surface area contributed by atoms with Gasteiger partial charge >= 0.3 is 5.97 Å². The van der Waals surface area contributed by atoms with E-state index in [1.807, 2.05) is 6.92 Å². The average Bonchev–Trinajstić information content (AvgIpc) is 3.10. The maximum Gasteiger partial charge on any atom is 0.331 e. The van der Waals surface area contributed by atoms with Gasteiger partial charge in [0.1, 0.15) is 0 Å². The van der Waals surface area contributed by atoms with Crippen LogP contribution in [0.1, 0.15) is 72.5 Å². The standard InChI is InChI=1S/C22H24N2O5S/c1-22(28)8-7-14-17(10-22)30-16(9-15(25)12-3-2-4-13(12)21(26)27)18(14)20-23-19(24-29-20)11-5-6-11/h11,28H,2-10H2,1H3,(H,26,27). The molecule has 30 heavy (non-hydrogen) atoms. The lowest BCUT2D eigenvalue weighted by atomic mass is 9.84. The smallest absolute Gasteiger partial charge is 0.331 e. The maximum atomic E-state index is 13.0. The lowest BCUT2D eigenvalue weighted by molar-refractivity contribution is -0.133. The van der Waals surface area contributed by atoms with Crippen LogP contribution in [0, 0.1) is 0 Å². The molecule has 8 heteroatoms. The number of carbonyl (C=O) groups is 2. The highest BCUT2D eigenvalue weighted by Gasteiger charge is 2.36. The molecule has 0 bridgehead atoms. The number of fused-ring (bicyclic) bond motifs is 1. The number of carbonyl (C=O) groups excluding carboxylic acids is 1. The number of carboxylic acids is 1. The highest BCUT2D eigenvalue weighted by Crippen LogP contribution is 2.45. The van der Waals surface area contributed by atoms with E-state index in [0.717, 1.165) is 39.5 Å². The van der Waals surface area contributed by atoms with E-state index in [1.54, 1.807) is 0 Å². The van der Waals surface area contributed by atoms with Crippen molar-refractivity contribution in [1.29, 1.82) is 0 Å². The fourth-order valence-corrected chi connectivity index (χ4v) is 6.09.